The van der Waals surface area contributed by atoms with Crippen LogP contribution in [0.5, 0.6) is 0 Å². The third-order valence-corrected chi connectivity index (χ3v) is 4.74. The molecule has 0 aliphatic heterocycles. The number of halogens is 1. The van der Waals surface area contributed by atoms with E-state index in [1.165, 1.54) is 5.56 Å². The lowest BCUT2D eigenvalue weighted by atomic mass is 9.76. The second-order valence-electron chi connectivity index (χ2n) is 5.98. The summed E-state index contributed by atoms with van der Waals surface area (Å²) in [5.41, 5.74) is 5.92. The molecule has 2 rings (SSSR count). The maximum Gasteiger partial charge on any atom is 0.0847 e. The highest BCUT2D eigenvalue weighted by Crippen LogP contribution is 2.30. The zero-order valence-electron chi connectivity index (χ0n) is 13.0. The van der Waals surface area contributed by atoms with Crippen LogP contribution in [-0.2, 0) is 18.9 Å². The lowest BCUT2D eigenvalue weighted by Gasteiger charge is -2.34. The number of rotatable bonds is 5. The minimum Gasteiger partial charge on any atom is -0.271 e. The van der Waals surface area contributed by atoms with Gasteiger partial charge in [-0.25, -0.2) is 0 Å². The van der Waals surface area contributed by atoms with Gasteiger partial charge in [-0.15, -0.1) is 0 Å². The van der Waals surface area contributed by atoms with E-state index in [4.69, 9.17) is 17.4 Å². The third-order valence-electron chi connectivity index (χ3n) is 4.25. The fraction of sp³-hybridized carbons (Fsp3) is 0.438. The van der Waals surface area contributed by atoms with Gasteiger partial charge in [0.25, 0.3) is 0 Å². The minimum absolute atomic E-state index is 0.0483. The van der Waals surface area contributed by atoms with Gasteiger partial charge >= 0.3 is 0 Å². The smallest absolute Gasteiger partial charge is 0.0847 e. The number of nitrogens with one attached hydrogen (secondary N) is 1. The topological polar surface area (TPSA) is 55.9 Å². The molecule has 0 spiro atoms. The number of aromatic nitrogens is 2. The molecule has 0 saturated carbocycles. The van der Waals surface area contributed by atoms with Crippen LogP contribution in [0, 0.1) is 6.92 Å². The van der Waals surface area contributed by atoms with Gasteiger partial charge in [-0.05, 0) is 12.5 Å². The molecule has 1 unspecified atom stereocenters. The molecule has 4 nitrogen and oxygen atoms in total. The lowest BCUT2D eigenvalue weighted by Crippen LogP contribution is -2.49. The molecule has 2 aromatic rings. The molecule has 0 bridgehead atoms. The summed E-state index contributed by atoms with van der Waals surface area (Å²) >= 11 is 6.36. The van der Waals surface area contributed by atoms with Crippen molar-refractivity contribution in [1.29, 1.82) is 0 Å². The van der Waals surface area contributed by atoms with Crippen molar-refractivity contribution in [2.24, 2.45) is 12.9 Å². The first kappa shape index (κ1) is 16.0. The Kier molecular flexibility index (Phi) is 4.71. The van der Waals surface area contributed by atoms with Crippen molar-refractivity contribution in [1.82, 2.24) is 15.2 Å². The molecular weight excluding hydrogens is 284 g/mol. The zero-order chi connectivity index (χ0) is 15.6. The van der Waals surface area contributed by atoms with Crippen LogP contribution in [0.15, 0.2) is 30.3 Å². The fourth-order valence-corrected chi connectivity index (χ4v) is 2.92. The van der Waals surface area contributed by atoms with Crippen molar-refractivity contribution in [3.63, 3.8) is 0 Å². The summed E-state index contributed by atoms with van der Waals surface area (Å²) in [6, 6.07) is 10.4. The second kappa shape index (κ2) is 6.18. The molecule has 21 heavy (non-hydrogen) atoms. The Balaban J connectivity index is 2.32. The normalized spacial score (nSPS) is 13.4. The average Bonchev–Trinajstić information content (AvgIpc) is 2.71. The monoisotopic (exact) mass is 306 g/mol. The van der Waals surface area contributed by atoms with E-state index in [1.807, 2.05) is 36.9 Å². The van der Waals surface area contributed by atoms with E-state index in [2.05, 4.69) is 36.5 Å². The minimum atomic E-state index is -0.127. The SMILES string of the molecule is Cc1nn(C)c(CC(NN)C(C)(C)c2ccccc2)c1Cl. The van der Waals surface area contributed by atoms with Crippen LogP contribution in [0.2, 0.25) is 5.02 Å². The Labute approximate surface area is 131 Å². The van der Waals surface area contributed by atoms with E-state index >= 15 is 0 Å². The second-order valence-corrected chi connectivity index (χ2v) is 6.36. The summed E-state index contributed by atoms with van der Waals surface area (Å²) in [4.78, 5) is 0. The van der Waals surface area contributed by atoms with Crippen LogP contribution < -0.4 is 11.3 Å². The molecule has 0 aliphatic rings. The van der Waals surface area contributed by atoms with E-state index in [0.29, 0.717) is 6.42 Å². The molecule has 0 amide bonds. The quantitative estimate of drug-likeness (QED) is 0.659. The van der Waals surface area contributed by atoms with E-state index in [9.17, 15) is 0 Å². The molecule has 1 aromatic heterocycles. The van der Waals surface area contributed by atoms with E-state index in [0.717, 1.165) is 16.4 Å². The molecule has 0 saturated heterocycles. The van der Waals surface area contributed by atoms with Crippen LogP contribution in [0.1, 0.15) is 30.8 Å². The van der Waals surface area contributed by atoms with Gasteiger partial charge in [0.05, 0.1) is 16.4 Å². The Hall–Kier alpha value is -1.36. The fourth-order valence-electron chi connectivity index (χ4n) is 2.69. The van der Waals surface area contributed by atoms with Crippen LogP contribution in [0.25, 0.3) is 0 Å². The Morgan fingerprint density at radius 1 is 1.33 bits per heavy atom. The van der Waals surface area contributed by atoms with Gasteiger partial charge in [-0.1, -0.05) is 55.8 Å². The molecule has 0 aliphatic carbocycles. The molecule has 0 radical (unpaired) electrons. The molecule has 5 heteroatoms. The molecule has 114 valence electrons. The first-order valence-electron chi connectivity index (χ1n) is 7.07. The van der Waals surface area contributed by atoms with Gasteiger partial charge in [0.15, 0.2) is 0 Å². The number of nitrogens with zero attached hydrogens (tertiary/aromatic N) is 2. The van der Waals surface area contributed by atoms with Crippen molar-refractivity contribution in [2.75, 3.05) is 0 Å². The number of benzene rings is 1. The summed E-state index contributed by atoms with van der Waals surface area (Å²) < 4.78 is 1.84. The van der Waals surface area contributed by atoms with Gasteiger partial charge in [-0.2, -0.15) is 5.10 Å². The first-order chi connectivity index (χ1) is 9.87. The number of nitrogens with two attached hydrogens (primary N) is 1. The average molecular weight is 307 g/mol. The van der Waals surface area contributed by atoms with Crippen molar-refractivity contribution in [2.45, 2.75) is 38.6 Å². The molecule has 1 atom stereocenters. The van der Waals surface area contributed by atoms with Crippen LogP contribution in [0.4, 0.5) is 0 Å². The highest BCUT2D eigenvalue weighted by atomic mass is 35.5. The number of hydrazine groups is 1. The Morgan fingerprint density at radius 2 is 1.95 bits per heavy atom. The predicted octanol–water partition coefficient (Wildman–Crippen LogP) is 2.73. The third kappa shape index (κ3) is 3.12. The number of aryl methyl sites for hydroxylation is 2. The molecular formula is C16H23ClN4. The summed E-state index contributed by atoms with van der Waals surface area (Å²) in [5.74, 6) is 5.83. The van der Waals surface area contributed by atoms with Crippen molar-refractivity contribution < 1.29 is 0 Å². The maximum atomic E-state index is 6.36. The van der Waals surface area contributed by atoms with Crippen LogP contribution >= 0.6 is 11.6 Å². The number of hydrogen-bond donors (Lipinski definition) is 2. The van der Waals surface area contributed by atoms with E-state index in [-0.39, 0.29) is 11.5 Å². The predicted molar refractivity (Wildman–Crippen MR) is 87.2 cm³/mol. The Bertz CT molecular complexity index is 604. The Morgan fingerprint density at radius 3 is 2.43 bits per heavy atom. The molecule has 1 heterocycles. The largest absolute Gasteiger partial charge is 0.271 e. The van der Waals surface area contributed by atoms with Crippen molar-refractivity contribution >= 4 is 11.6 Å². The van der Waals surface area contributed by atoms with E-state index < -0.39 is 0 Å². The van der Waals surface area contributed by atoms with Crippen molar-refractivity contribution in [3.05, 3.63) is 52.3 Å². The molecule has 1 aromatic carbocycles. The highest BCUT2D eigenvalue weighted by Gasteiger charge is 2.32. The van der Waals surface area contributed by atoms with Gasteiger partial charge in [0.1, 0.15) is 0 Å². The lowest BCUT2D eigenvalue weighted by molar-refractivity contribution is 0.336. The zero-order valence-corrected chi connectivity index (χ0v) is 13.8. The number of hydrogen-bond acceptors (Lipinski definition) is 3. The summed E-state index contributed by atoms with van der Waals surface area (Å²) in [7, 11) is 1.91. The summed E-state index contributed by atoms with van der Waals surface area (Å²) in [6.45, 7) is 6.28. The van der Waals surface area contributed by atoms with Crippen molar-refractivity contribution in [3.8, 4) is 0 Å². The van der Waals surface area contributed by atoms with Gasteiger partial charge in [0.2, 0.25) is 0 Å². The maximum absolute atomic E-state index is 6.36. The first-order valence-corrected chi connectivity index (χ1v) is 7.45. The van der Waals surface area contributed by atoms with Gasteiger partial charge in [-0.3, -0.25) is 16.0 Å². The van der Waals surface area contributed by atoms with Crippen LogP contribution in [0.3, 0.4) is 0 Å². The molecule has 3 N–H and O–H groups in total. The van der Waals surface area contributed by atoms with Gasteiger partial charge < -0.3 is 0 Å². The summed E-state index contributed by atoms with van der Waals surface area (Å²) in [5, 5.41) is 5.09. The summed E-state index contributed by atoms with van der Waals surface area (Å²) in [6.07, 6.45) is 0.717. The van der Waals surface area contributed by atoms with Crippen LogP contribution in [-0.4, -0.2) is 15.8 Å². The van der Waals surface area contributed by atoms with Gasteiger partial charge in [0, 0.05) is 24.9 Å². The van der Waals surface area contributed by atoms with E-state index in [1.54, 1.807) is 0 Å². The standard InChI is InChI=1S/C16H23ClN4/c1-11-15(17)13(21(4)20-11)10-14(19-18)16(2,3)12-8-6-5-7-9-12/h5-9,14,19H,10,18H2,1-4H3. The molecule has 0 fully saturated rings. The highest BCUT2D eigenvalue weighted by molar-refractivity contribution is 6.31.